The molecular formula is C18H20N6O2. The van der Waals surface area contributed by atoms with Gasteiger partial charge >= 0.3 is 0 Å². The number of nitrogens with one attached hydrogen (secondary N) is 1. The molecule has 0 aliphatic carbocycles. The Morgan fingerprint density at radius 1 is 1.19 bits per heavy atom. The van der Waals surface area contributed by atoms with E-state index in [0.717, 1.165) is 44.5 Å². The molecule has 0 amide bonds. The second kappa shape index (κ2) is 6.30. The standard InChI is InChI=1S/C18H20N6O2/c1-2-14(10-19-6-1)17-23-21-15(26-17)12-24-7-4-18(5-8-24)16-13(3-9-25-18)11-20-22-16/h1-2,6,10-11H,3-5,7-9,12H2,(H,20,22). The molecule has 1 saturated heterocycles. The van der Waals surface area contributed by atoms with Crippen molar-refractivity contribution < 1.29 is 9.15 Å². The number of ether oxygens (including phenoxy) is 1. The minimum Gasteiger partial charge on any atom is -0.419 e. The summed E-state index contributed by atoms with van der Waals surface area (Å²) in [5.74, 6) is 1.14. The third-order valence-corrected chi connectivity index (χ3v) is 5.32. The molecule has 5 heterocycles. The zero-order chi connectivity index (χ0) is 17.4. The number of hydrogen-bond acceptors (Lipinski definition) is 7. The lowest BCUT2D eigenvalue weighted by Gasteiger charge is -2.43. The maximum absolute atomic E-state index is 6.20. The Hall–Kier alpha value is -2.58. The molecule has 0 radical (unpaired) electrons. The average Bonchev–Trinajstić information content (AvgIpc) is 3.35. The molecule has 3 aromatic rings. The first kappa shape index (κ1) is 15.7. The molecule has 5 rings (SSSR count). The molecule has 0 atom stereocenters. The van der Waals surface area contributed by atoms with Gasteiger partial charge in [0, 0.05) is 25.5 Å². The van der Waals surface area contributed by atoms with E-state index in [2.05, 4.69) is 30.3 Å². The summed E-state index contributed by atoms with van der Waals surface area (Å²) in [5.41, 5.74) is 3.09. The second-order valence-corrected chi connectivity index (χ2v) is 6.88. The fraction of sp³-hybridized carbons (Fsp3) is 0.444. The van der Waals surface area contributed by atoms with Crippen molar-refractivity contribution in [2.45, 2.75) is 31.4 Å². The normalized spacial score (nSPS) is 19.5. The van der Waals surface area contributed by atoms with Crippen molar-refractivity contribution in [3.8, 4) is 11.5 Å². The Kier molecular flexibility index (Phi) is 3.79. The number of hydrogen-bond donors (Lipinski definition) is 1. The molecule has 0 aromatic carbocycles. The number of rotatable bonds is 3. The van der Waals surface area contributed by atoms with E-state index in [-0.39, 0.29) is 5.60 Å². The predicted molar refractivity (Wildman–Crippen MR) is 92.0 cm³/mol. The predicted octanol–water partition coefficient (Wildman–Crippen LogP) is 1.92. The summed E-state index contributed by atoms with van der Waals surface area (Å²) >= 11 is 0. The average molecular weight is 352 g/mol. The van der Waals surface area contributed by atoms with Crippen molar-refractivity contribution in [3.05, 3.63) is 47.9 Å². The smallest absolute Gasteiger partial charge is 0.249 e. The molecule has 3 aromatic heterocycles. The van der Waals surface area contributed by atoms with Gasteiger partial charge in [0.05, 0.1) is 30.6 Å². The molecule has 26 heavy (non-hydrogen) atoms. The largest absolute Gasteiger partial charge is 0.419 e. The van der Waals surface area contributed by atoms with Crippen molar-refractivity contribution in [1.82, 2.24) is 30.3 Å². The first-order valence-electron chi connectivity index (χ1n) is 8.94. The van der Waals surface area contributed by atoms with Gasteiger partial charge in [-0.05, 0) is 37.0 Å². The number of likely N-dealkylation sites (tertiary alicyclic amines) is 1. The van der Waals surface area contributed by atoms with Crippen molar-refractivity contribution in [2.24, 2.45) is 0 Å². The van der Waals surface area contributed by atoms with E-state index < -0.39 is 0 Å². The highest BCUT2D eigenvalue weighted by molar-refractivity contribution is 5.49. The molecule has 8 nitrogen and oxygen atoms in total. The van der Waals surface area contributed by atoms with Crippen LogP contribution in [0.15, 0.2) is 35.1 Å². The van der Waals surface area contributed by atoms with E-state index in [4.69, 9.17) is 9.15 Å². The van der Waals surface area contributed by atoms with Gasteiger partial charge in [0.15, 0.2) is 0 Å². The summed E-state index contributed by atoms with van der Waals surface area (Å²) in [4.78, 5) is 6.42. The Bertz CT molecular complexity index is 882. The van der Waals surface area contributed by atoms with Crippen LogP contribution in [-0.2, 0) is 23.3 Å². The van der Waals surface area contributed by atoms with Crippen LogP contribution in [-0.4, -0.2) is 50.0 Å². The third-order valence-electron chi connectivity index (χ3n) is 5.32. The number of H-pyrrole nitrogens is 1. The Morgan fingerprint density at radius 2 is 2.12 bits per heavy atom. The maximum atomic E-state index is 6.20. The van der Waals surface area contributed by atoms with Gasteiger partial charge in [-0.15, -0.1) is 10.2 Å². The lowest BCUT2D eigenvalue weighted by atomic mass is 9.84. The van der Waals surface area contributed by atoms with E-state index in [1.807, 2.05) is 18.3 Å². The zero-order valence-corrected chi connectivity index (χ0v) is 14.4. The minimum atomic E-state index is -0.212. The van der Waals surface area contributed by atoms with E-state index >= 15 is 0 Å². The van der Waals surface area contributed by atoms with Gasteiger partial charge < -0.3 is 9.15 Å². The lowest BCUT2D eigenvalue weighted by molar-refractivity contribution is -0.102. The molecule has 1 spiro atoms. The van der Waals surface area contributed by atoms with E-state index in [1.54, 1.807) is 12.4 Å². The van der Waals surface area contributed by atoms with Crippen LogP contribution in [0.3, 0.4) is 0 Å². The van der Waals surface area contributed by atoms with Crippen LogP contribution in [0.2, 0.25) is 0 Å². The van der Waals surface area contributed by atoms with Crippen molar-refractivity contribution in [1.29, 1.82) is 0 Å². The van der Waals surface area contributed by atoms with Gasteiger partial charge in [-0.1, -0.05) is 0 Å². The van der Waals surface area contributed by atoms with Crippen LogP contribution < -0.4 is 0 Å². The Balaban J connectivity index is 1.26. The molecule has 1 fully saturated rings. The number of aromatic amines is 1. The van der Waals surface area contributed by atoms with Crippen LogP contribution in [0.1, 0.15) is 30.0 Å². The van der Waals surface area contributed by atoms with E-state index in [1.165, 1.54) is 11.3 Å². The summed E-state index contributed by atoms with van der Waals surface area (Å²) in [7, 11) is 0. The van der Waals surface area contributed by atoms with Crippen LogP contribution >= 0.6 is 0 Å². The number of fused-ring (bicyclic) bond motifs is 2. The molecule has 2 aliphatic heterocycles. The summed E-state index contributed by atoms with van der Waals surface area (Å²) in [6.45, 7) is 3.26. The molecule has 2 aliphatic rings. The number of nitrogens with zero attached hydrogens (tertiary/aromatic N) is 5. The molecule has 134 valence electrons. The fourth-order valence-electron chi connectivity index (χ4n) is 3.91. The summed E-state index contributed by atoms with van der Waals surface area (Å²) in [6.07, 6.45) is 8.20. The Labute approximate surface area is 150 Å². The van der Waals surface area contributed by atoms with Crippen LogP contribution in [0.4, 0.5) is 0 Å². The molecule has 1 N–H and O–H groups in total. The first-order valence-corrected chi connectivity index (χ1v) is 8.94. The molecule has 0 unspecified atom stereocenters. The van der Waals surface area contributed by atoms with Crippen molar-refractivity contribution in [3.63, 3.8) is 0 Å². The fourth-order valence-corrected chi connectivity index (χ4v) is 3.91. The number of piperidine rings is 1. The van der Waals surface area contributed by atoms with Gasteiger partial charge in [0.25, 0.3) is 0 Å². The van der Waals surface area contributed by atoms with Crippen LogP contribution in [0.25, 0.3) is 11.5 Å². The highest BCUT2D eigenvalue weighted by Crippen LogP contribution is 2.40. The van der Waals surface area contributed by atoms with Gasteiger partial charge in [-0.25, -0.2) is 0 Å². The van der Waals surface area contributed by atoms with Gasteiger partial charge in [-0.3, -0.25) is 15.0 Å². The highest BCUT2D eigenvalue weighted by Gasteiger charge is 2.42. The van der Waals surface area contributed by atoms with E-state index in [0.29, 0.717) is 18.3 Å². The maximum Gasteiger partial charge on any atom is 0.249 e. The van der Waals surface area contributed by atoms with Gasteiger partial charge in [0.2, 0.25) is 11.8 Å². The van der Waals surface area contributed by atoms with Crippen LogP contribution in [0.5, 0.6) is 0 Å². The summed E-state index contributed by atoms with van der Waals surface area (Å²) < 4.78 is 12.0. The monoisotopic (exact) mass is 352 g/mol. The summed E-state index contributed by atoms with van der Waals surface area (Å²) in [5, 5.41) is 15.7. The molecule has 0 saturated carbocycles. The first-order chi connectivity index (χ1) is 12.8. The van der Waals surface area contributed by atoms with Crippen molar-refractivity contribution in [2.75, 3.05) is 19.7 Å². The lowest BCUT2D eigenvalue weighted by Crippen LogP contribution is -2.46. The number of pyridine rings is 1. The number of aromatic nitrogens is 5. The second-order valence-electron chi connectivity index (χ2n) is 6.88. The van der Waals surface area contributed by atoms with Crippen LogP contribution in [0, 0.1) is 0 Å². The SMILES string of the molecule is c1cncc(-c2nnc(CN3CCC4(CC3)OCCc3cn[nH]c34)o2)c1. The molecular weight excluding hydrogens is 332 g/mol. The topological polar surface area (TPSA) is 93.0 Å². The zero-order valence-electron chi connectivity index (χ0n) is 14.4. The highest BCUT2D eigenvalue weighted by atomic mass is 16.5. The third kappa shape index (κ3) is 2.71. The minimum absolute atomic E-state index is 0.212. The Morgan fingerprint density at radius 3 is 2.96 bits per heavy atom. The van der Waals surface area contributed by atoms with E-state index in [9.17, 15) is 0 Å². The molecule has 0 bridgehead atoms. The van der Waals surface area contributed by atoms with Gasteiger partial charge in [-0.2, -0.15) is 5.10 Å². The quantitative estimate of drug-likeness (QED) is 0.770. The van der Waals surface area contributed by atoms with Crippen molar-refractivity contribution >= 4 is 0 Å². The van der Waals surface area contributed by atoms with Gasteiger partial charge in [0.1, 0.15) is 5.60 Å². The molecule has 8 heteroatoms. The summed E-state index contributed by atoms with van der Waals surface area (Å²) in [6, 6.07) is 3.77.